The van der Waals surface area contributed by atoms with Crippen LogP contribution >= 0.6 is 0 Å². The van der Waals surface area contributed by atoms with Gasteiger partial charge in [-0.2, -0.15) is 17.2 Å². The van der Waals surface area contributed by atoms with Gasteiger partial charge in [-0.1, -0.05) is 6.42 Å². The Morgan fingerprint density at radius 2 is 2.05 bits per heavy atom. The second-order valence-electron chi connectivity index (χ2n) is 5.16. The van der Waals surface area contributed by atoms with E-state index in [2.05, 4.69) is 4.74 Å². The van der Waals surface area contributed by atoms with E-state index >= 15 is 0 Å². The molecule has 10 heteroatoms. The van der Waals surface area contributed by atoms with Crippen molar-refractivity contribution in [2.75, 3.05) is 6.61 Å². The molecule has 0 spiro atoms. The van der Waals surface area contributed by atoms with Crippen LogP contribution in [0.25, 0.3) is 0 Å². The van der Waals surface area contributed by atoms with Crippen LogP contribution in [0.4, 0.5) is 8.78 Å². The van der Waals surface area contributed by atoms with E-state index < -0.39 is 21.3 Å². The molecular weight excluding hydrogens is 326 g/mol. The molecule has 0 aliphatic heterocycles. The molecule has 1 aliphatic carbocycles. The highest BCUT2D eigenvalue weighted by molar-refractivity contribution is 7.87. The molecule has 7 nitrogen and oxygen atoms in total. The average molecular weight is 344 g/mol. The van der Waals surface area contributed by atoms with Crippen molar-refractivity contribution < 1.29 is 40.8 Å². The van der Waals surface area contributed by atoms with E-state index in [1.54, 1.807) is 0 Å². The van der Waals surface area contributed by atoms with Gasteiger partial charge in [-0.25, -0.2) is 4.79 Å². The minimum absolute atomic E-state index is 0.150. The van der Waals surface area contributed by atoms with E-state index in [4.69, 9.17) is 9.29 Å². The maximum absolute atomic E-state index is 12.9. The molecule has 0 radical (unpaired) electrons. The fourth-order valence-corrected chi connectivity index (χ4v) is 2.70. The van der Waals surface area contributed by atoms with Gasteiger partial charge in [-0.15, -0.1) is 0 Å². The minimum atomic E-state index is -5.83. The zero-order valence-electron chi connectivity index (χ0n) is 11.7. The molecule has 0 bridgehead atoms. The molecule has 128 valence electrons. The summed E-state index contributed by atoms with van der Waals surface area (Å²) in [6.07, 6.45) is 3.91. The first-order valence-corrected chi connectivity index (χ1v) is 8.23. The van der Waals surface area contributed by atoms with E-state index in [0.717, 1.165) is 19.3 Å². The van der Waals surface area contributed by atoms with Gasteiger partial charge in [-0.3, -0.25) is 9.35 Å². The summed E-state index contributed by atoms with van der Waals surface area (Å²) in [6.45, 7) is 0.0197. The molecule has 2 unspecified atom stereocenters. The molecule has 1 saturated carbocycles. The Kier molecular flexibility index (Phi) is 6.66. The second kappa shape index (κ2) is 7.82. The first kappa shape index (κ1) is 18.8. The van der Waals surface area contributed by atoms with Gasteiger partial charge < -0.3 is 9.47 Å². The largest absolute Gasteiger partial charge is 0.465 e. The molecule has 1 aliphatic rings. The first-order valence-electron chi connectivity index (χ1n) is 6.79. The Hall–Kier alpha value is -1.29. The lowest BCUT2D eigenvalue weighted by Gasteiger charge is -2.27. The molecule has 0 aromatic heterocycles. The predicted octanol–water partition coefficient (Wildman–Crippen LogP) is 1.52. The molecule has 2 atom stereocenters. The van der Waals surface area contributed by atoms with Gasteiger partial charge in [0.25, 0.3) is 6.47 Å². The van der Waals surface area contributed by atoms with Crippen LogP contribution in [0.5, 0.6) is 0 Å². The van der Waals surface area contributed by atoms with Crippen LogP contribution in [0.1, 0.15) is 38.5 Å². The van der Waals surface area contributed by atoms with Crippen LogP contribution in [0.3, 0.4) is 0 Å². The summed E-state index contributed by atoms with van der Waals surface area (Å²) in [5.74, 6) is -2.07. The lowest BCUT2D eigenvalue weighted by atomic mass is 9.84. The number of alkyl halides is 2. The lowest BCUT2D eigenvalue weighted by Crippen LogP contribution is -2.39. The van der Waals surface area contributed by atoms with Gasteiger partial charge in [0.2, 0.25) is 0 Å². The van der Waals surface area contributed by atoms with Crippen LogP contribution in [-0.4, -0.2) is 43.4 Å². The number of hydrogen-bond donors (Lipinski definition) is 1. The number of halogens is 2. The van der Waals surface area contributed by atoms with Crippen molar-refractivity contribution in [3.05, 3.63) is 0 Å². The number of hydrogen-bond acceptors (Lipinski definition) is 6. The Morgan fingerprint density at radius 1 is 1.36 bits per heavy atom. The molecule has 0 amide bonds. The lowest BCUT2D eigenvalue weighted by molar-refractivity contribution is -0.161. The van der Waals surface area contributed by atoms with Crippen LogP contribution in [0, 0.1) is 5.92 Å². The quantitative estimate of drug-likeness (QED) is 0.308. The number of ether oxygens (including phenoxy) is 2. The van der Waals surface area contributed by atoms with Crippen molar-refractivity contribution in [3.8, 4) is 0 Å². The molecule has 0 aromatic carbocycles. The van der Waals surface area contributed by atoms with Crippen molar-refractivity contribution in [2.45, 2.75) is 49.9 Å². The van der Waals surface area contributed by atoms with Crippen LogP contribution in [-0.2, 0) is 29.2 Å². The molecule has 1 fully saturated rings. The molecule has 0 aromatic rings. The van der Waals surface area contributed by atoms with Crippen molar-refractivity contribution in [1.29, 1.82) is 0 Å². The summed E-state index contributed by atoms with van der Waals surface area (Å²) in [5.41, 5.74) is 0. The van der Waals surface area contributed by atoms with E-state index in [-0.39, 0.29) is 25.0 Å². The fraction of sp³-hybridized carbons (Fsp3) is 0.833. The summed E-state index contributed by atoms with van der Waals surface area (Å²) in [5, 5.41) is -4.96. The summed E-state index contributed by atoms with van der Waals surface area (Å²) in [6, 6.07) is 0. The number of carbonyl (C=O) groups excluding carboxylic acids is 2. The third-order valence-corrected chi connectivity index (χ3v) is 4.35. The van der Waals surface area contributed by atoms with E-state index in [9.17, 15) is 26.8 Å². The highest BCUT2D eigenvalue weighted by atomic mass is 32.2. The van der Waals surface area contributed by atoms with Gasteiger partial charge in [0.15, 0.2) is 0 Å². The molecule has 0 saturated heterocycles. The van der Waals surface area contributed by atoms with Crippen LogP contribution in [0.15, 0.2) is 0 Å². The number of rotatable bonds is 8. The summed E-state index contributed by atoms with van der Waals surface area (Å²) < 4.78 is 63.7. The Morgan fingerprint density at radius 3 is 2.64 bits per heavy atom. The van der Waals surface area contributed by atoms with Crippen molar-refractivity contribution in [2.24, 2.45) is 5.92 Å². The fourth-order valence-electron chi connectivity index (χ4n) is 2.43. The van der Waals surface area contributed by atoms with E-state index in [0.29, 0.717) is 19.3 Å². The number of carbonyl (C=O) groups is 2. The highest BCUT2D eigenvalue weighted by Gasteiger charge is 2.54. The molecule has 22 heavy (non-hydrogen) atoms. The predicted molar refractivity (Wildman–Crippen MR) is 69.6 cm³/mol. The van der Waals surface area contributed by atoms with Gasteiger partial charge in [0.05, 0.1) is 6.61 Å². The normalized spacial score (nSPS) is 22.9. The Bertz CT molecular complexity index is 492. The van der Waals surface area contributed by atoms with Crippen LogP contribution < -0.4 is 0 Å². The number of esters is 1. The van der Waals surface area contributed by atoms with Gasteiger partial charge in [0.1, 0.15) is 6.10 Å². The van der Waals surface area contributed by atoms with Crippen molar-refractivity contribution >= 4 is 22.6 Å². The maximum Gasteiger partial charge on any atom is 0.465 e. The SMILES string of the molecule is O=COC1CCCC(CCCOC(=O)C(F)(F)S(=O)(=O)O)C1. The summed E-state index contributed by atoms with van der Waals surface area (Å²) in [7, 11) is -5.83. The third-order valence-electron chi connectivity index (χ3n) is 3.53. The zero-order valence-corrected chi connectivity index (χ0v) is 12.6. The first-order chi connectivity index (χ1) is 10.2. The van der Waals surface area contributed by atoms with E-state index in [1.807, 2.05) is 0 Å². The zero-order chi connectivity index (χ0) is 16.8. The van der Waals surface area contributed by atoms with E-state index in [1.165, 1.54) is 0 Å². The summed E-state index contributed by atoms with van der Waals surface area (Å²) in [4.78, 5) is 21.2. The minimum Gasteiger partial charge on any atom is -0.465 e. The Labute approximate surface area is 126 Å². The van der Waals surface area contributed by atoms with Gasteiger partial charge in [0, 0.05) is 0 Å². The average Bonchev–Trinajstić information content (AvgIpc) is 2.43. The molecule has 0 heterocycles. The highest BCUT2D eigenvalue weighted by Crippen LogP contribution is 2.29. The van der Waals surface area contributed by atoms with Gasteiger partial charge in [-0.05, 0) is 38.0 Å². The van der Waals surface area contributed by atoms with Gasteiger partial charge >= 0.3 is 21.3 Å². The Balaban J connectivity index is 2.30. The summed E-state index contributed by atoms with van der Waals surface area (Å²) >= 11 is 0. The topological polar surface area (TPSA) is 107 Å². The molecule has 1 N–H and O–H groups in total. The van der Waals surface area contributed by atoms with Crippen molar-refractivity contribution in [1.82, 2.24) is 0 Å². The molecular formula is C12H18F2O7S. The maximum atomic E-state index is 12.9. The molecule has 1 rings (SSSR count). The third kappa shape index (κ3) is 5.16. The van der Waals surface area contributed by atoms with Crippen molar-refractivity contribution in [3.63, 3.8) is 0 Å². The second-order valence-corrected chi connectivity index (χ2v) is 6.62. The monoisotopic (exact) mass is 344 g/mol. The standard InChI is InChI=1S/C12H18F2O7S/c13-12(14,22(17,18)19)11(16)20-6-2-4-9-3-1-5-10(7-9)21-8-15/h8-10H,1-7H2,(H,17,18,19). The van der Waals surface area contributed by atoms with Crippen LogP contribution in [0.2, 0.25) is 0 Å². The smallest absolute Gasteiger partial charge is 0.465 e.